The van der Waals surface area contributed by atoms with Crippen molar-refractivity contribution in [3.8, 4) is 22.5 Å². The second-order valence-corrected chi connectivity index (χ2v) is 15.8. The SMILES string of the molecule is C1=CC2C=CC(c3cc4ccccc4c4ncccc34)=CC2C=C1c1nc(-c2ccccc2)nc(C2C=c3cc(-c4cc5cccnc5c5ncccc45)ccc3=CC2)n1. The van der Waals surface area contributed by atoms with E-state index in [0.29, 0.717) is 11.6 Å². The highest BCUT2D eigenvalue weighted by molar-refractivity contribution is 6.11. The molecule has 0 N–H and O–H groups in total. The maximum atomic E-state index is 5.27. The minimum Gasteiger partial charge on any atom is -0.256 e. The summed E-state index contributed by atoms with van der Waals surface area (Å²) in [6.45, 7) is 0. The fourth-order valence-electron chi connectivity index (χ4n) is 9.23. The number of hydrogen-bond donors (Lipinski definition) is 0. The first-order chi connectivity index (χ1) is 29.7. The van der Waals surface area contributed by atoms with Gasteiger partial charge >= 0.3 is 0 Å². The zero-order chi connectivity index (χ0) is 39.6. The third-order valence-electron chi connectivity index (χ3n) is 12.2. The van der Waals surface area contributed by atoms with Crippen molar-refractivity contribution in [1.82, 2.24) is 29.9 Å². The largest absolute Gasteiger partial charge is 0.256 e. The van der Waals surface area contributed by atoms with Gasteiger partial charge in [-0.15, -0.1) is 0 Å². The molecule has 282 valence electrons. The molecule has 0 aliphatic heterocycles. The molecule has 5 aromatic carbocycles. The van der Waals surface area contributed by atoms with Crippen molar-refractivity contribution in [2.75, 3.05) is 0 Å². The van der Waals surface area contributed by atoms with Gasteiger partial charge in [0.1, 0.15) is 5.82 Å². The summed E-state index contributed by atoms with van der Waals surface area (Å²) >= 11 is 0. The summed E-state index contributed by atoms with van der Waals surface area (Å²) < 4.78 is 0. The molecule has 6 nitrogen and oxygen atoms in total. The van der Waals surface area contributed by atoms with Crippen LogP contribution in [0.2, 0.25) is 0 Å². The van der Waals surface area contributed by atoms with Gasteiger partial charge in [0.2, 0.25) is 0 Å². The zero-order valence-electron chi connectivity index (χ0n) is 32.5. The number of fused-ring (bicyclic) bond motifs is 8. The van der Waals surface area contributed by atoms with Gasteiger partial charge in [-0.2, -0.15) is 0 Å². The third kappa shape index (κ3) is 5.87. The van der Waals surface area contributed by atoms with Crippen LogP contribution in [0.5, 0.6) is 0 Å². The summed E-state index contributed by atoms with van der Waals surface area (Å²) in [6, 6.07) is 42.5. The Morgan fingerprint density at radius 2 is 1.13 bits per heavy atom. The molecule has 3 aliphatic rings. The van der Waals surface area contributed by atoms with Gasteiger partial charge in [-0.25, -0.2) is 15.0 Å². The summed E-state index contributed by atoms with van der Waals surface area (Å²) in [4.78, 5) is 29.8. The standard InChI is InChI=1S/C54H36N6/c1-2-9-35(10-3-1)52-58-53(40-22-18-33-16-20-37(27-42(33)29-40)47-31-36-11-4-5-13-44(36)50-45(47)14-7-25-56-50)60-54(59-52)41-23-19-34-17-21-38(28-43(34)30-41)48-32-39-12-6-24-55-49(39)51-46(48)15-8-26-57-51/h1-22,24-33,41-42H,23H2. The van der Waals surface area contributed by atoms with Gasteiger partial charge in [0, 0.05) is 69.0 Å². The van der Waals surface area contributed by atoms with Crippen LogP contribution in [0.1, 0.15) is 29.6 Å². The van der Waals surface area contributed by atoms with E-state index in [1.807, 2.05) is 55.0 Å². The van der Waals surface area contributed by atoms with Crippen molar-refractivity contribution in [2.24, 2.45) is 11.8 Å². The normalized spacial score (nSPS) is 18.1. The van der Waals surface area contributed by atoms with Gasteiger partial charge in [0.15, 0.2) is 11.6 Å². The number of allylic oxidation sites excluding steroid dienone is 8. The molecule has 12 rings (SSSR count). The summed E-state index contributed by atoms with van der Waals surface area (Å²) in [6.07, 6.45) is 24.8. The molecule has 0 saturated carbocycles. The molecule has 3 atom stereocenters. The van der Waals surface area contributed by atoms with Crippen LogP contribution in [-0.4, -0.2) is 29.9 Å². The maximum Gasteiger partial charge on any atom is 0.163 e. The number of pyridine rings is 3. The lowest BCUT2D eigenvalue weighted by molar-refractivity contribution is 0.664. The number of benzene rings is 5. The van der Waals surface area contributed by atoms with Crippen LogP contribution in [0.15, 0.2) is 176 Å². The molecule has 4 aromatic heterocycles. The van der Waals surface area contributed by atoms with E-state index in [0.717, 1.165) is 72.4 Å². The molecule has 6 heteroatoms. The lowest BCUT2D eigenvalue weighted by atomic mass is 9.79. The Kier molecular flexibility index (Phi) is 8.01. The molecule has 0 spiro atoms. The van der Waals surface area contributed by atoms with Gasteiger partial charge in [-0.05, 0) is 80.9 Å². The predicted octanol–water partition coefficient (Wildman–Crippen LogP) is 10.6. The Bertz CT molecular complexity index is 3490. The second kappa shape index (κ2) is 14.0. The average molecular weight is 769 g/mol. The molecule has 0 fully saturated rings. The maximum absolute atomic E-state index is 5.27. The number of rotatable bonds is 5. The fourth-order valence-corrected chi connectivity index (χ4v) is 9.23. The molecule has 60 heavy (non-hydrogen) atoms. The third-order valence-corrected chi connectivity index (χ3v) is 12.2. The number of nitrogens with zero attached hydrogens (tertiary/aromatic N) is 6. The zero-order valence-corrected chi connectivity index (χ0v) is 32.5. The Morgan fingerprint density at radius 1 is 0.450 bits per heavy atom. The van der Waals surface area contributed by atoms with Crippen molar-refractivity contribution in [3.63, 3.8) is 0 Å². The number of hydrogen-bond acceptors (Lipinski definition) is 6. The highest BCUT2D eigenvalue weighted by Crippen LogP contribution is 2.39. The van der Waals surface area contributed by atoms with E-state index in [4.69, 9.17) is 24.9 Å². The highest BCUT2D eigenvalue weighted by Gasteiger charge is 2.25. The van der Waals surface area contributed by atoms with E-state index in [1.54, 1.807) is 0 Å². The summed E-state index contributed by atoms with van der Waals surface area (Å²) in [5, 5.41) is 8.05. The smallest absolute Gasteiger partial charge is 0.163 e. The molecular formula is C54H36N6. The Hall–Kier alpha value is -7.70. The molecular weight excluding hydrogens is 733 g/mol. The van der Waals surface area contributed by atoms with Gasteiger partial charge in [0.05, 0.1) is 16.6 Å². The fraction of sp³-hybridized carbons (Fsp3) is 0.0741. The van der Waals surface area contributed by atoms with Gasteiger partial charge in [-0.1, -0.05) is 134 Å². The van der Waals surface area contributed by atoms with Crippen LogP contribution < -0.4 is 10.4 Å². The Morgan fingerprint density at radius 3 is 2.02 bits per heavy atom. The van der Waals surface area contributed by atoms with Crippen LogP contribution in [0.4, 0.5) is 0 Å². The van der Waals surface area contributed by atoms with Gasteiger partial charge in [-0.3, -0.25) is 15.0 Å². The first kappa shape index (κ1) is 34.4. The van der Waals surface area contributed by atoms with Crippen molar-refractivity contribution >= 4 is 66.8 Å². The summed E-state index contributed by atoms with van der Waals surface area (Å²) in [5.41, 5.74) is 9.49. The molecule has 4 heterocycles. The first-order valence-electron chi connectivity index (χ1n) is 20.5. The molecule has 0 saturated heterocycles. The van der Waals surface area contributed by atoms with Crippen molar-refractivity contribution in [2.45, 2.75) is 12.3 Å². The molecule has 0 radical (unpaired) electrons. The van der Waals surface area contributed by atoms with Gasteiger partial charge < -0.3 is 0 Å². The van der Waals surface area contributed by atoms with E-state index in [-0.39, 0.29) is 17.8 Å². The minimum absolute atomic E-state index is 0.0315. The Labute approximate surface area is 346 Å². The molecule has 3 unspecified atom stereocenters. The highest BCUT2D eigenvalue weighted by atomic mass is 15.0. The monoisotopic (exact) mass is 768 g/mol. The minimum atomic E-state index is -0.0315. The quantitative estimate of drug-likeness (QED) is 0.162. The van der Waals surface area contributed by atoms with E-state index < -0.39 is 0 Å². The van der Waals surface area contributed by atoms with Crippen molar-refractivity contribution in [1.29, 1.82) is 0 Å². The molecule has 0 bridgehead atoms. The van der Waals surface area contributed by atoms with Crippen LogP contribution in [0.3, 0.4) is 0 Å². The van der Waals surface area contributed by atoms with Crippen LogP contribution in [0.25, 0.3) is 89.3 Å². The van der Waals surface area contributed by atoms with Crippen LogP contribution in [0, 0.1) is 11.8 Å². The lowest BCUT2D eigenvalue weighted by Gasteiger charge is -2.26. The molecule has 3 aliphatic carbocycles. The molecule has 9 aromatic rings. The molecule has 0 amide bonds. The van der Waals surface area contributed by atoms with Crippen LogP contribution in [-0.2, 0) is 0 Å². The van der Waals surface area contributed by atoms with Crippen LogP contribution >= 0.6 is 0 Å². The topological polar surface area (TPSA) is 77.3 Å². The summed E-state index contributed by atoms with van der Waals surface area (Å²) in [7, 11) is 0. The van der Waals surface area contributed by atoms with E-state index in [2.05, 4.69) is 139 Å². The predicted molar refractivity (Wildman–Crippen MR) is 244 cm³/mol. The first-order valence-corrected chi connectivity index (χ1v) is 20.5. The van der Waals surface area contributed by atoms with Gasteiger partial charge in [0.25, 0.3) is 0 Å². The van der Waals surface area contributed by atoms with Crippen molar-refractivity contribution < 1.29 is 0 Å². The second-order valence-electron chi connectivity index (χ2n) is 15.8. The lowest BCUT2D eigenvalue weighted by Crippen LogP contribution is -2.29. The van der Waals surface area contributed by atoms with E-state index >= 15 is 0 Å². The number of aromatic nitrogens is 6. The van der Waals surface area contributed by atoms with E-state index in [1.165, 1.54) is 27.1 Å². The Balaban J connectivity index is 0.946. The van der Waals surface area contributed by atoms with E-state index in [9.17, 15) is 0 Å². The average Bonchev–Trinajstić information content (AvgIpc) is 3.33. The summed E-state index contributed by atoms with van der Waals surface area (Å²) in [5.74, 6) is 2.49. The van der Waals surface area contributed by atoms with Crippen molar-refractivity contribution in [3.05, 3.63) is 204 Å².